The average Bonchev–Trinajstić information content (AvgIpc) is 2.74. The minimum absolute atomic E-state index is 0.474. The van der Waals surface area contributed by atoms with Crippen molar-refractivity contribution >= 4 is 11.3 Å². The monoisotopic (exact) mass is 238 g/mol. The van der Waals surface area contributed by atoms with Gasteiger partial charge in [-0.2, -0.15) is 0 Å². The second-order valence-electron chi connectivity index (χ2n) is 4.91. The first-order valence-electron chi connectivity index (χ1n) is 6.39. The molecule has 1 aliphatic rings. The third-order valence-electron chi connectivity index (χ3n) is 3.58. The molecule has 1 aromatic heterocycles. The molecule has 1 aliphatic carbocycles. The summed E-state index contributed by atoms with van der Waals surface area (Å²) in [6.07, 6.45) is 8.40. The summed E-state index contributed by atoms with van der Waals surface area (Å²) >= 11 is 1.80. The van der Waals surface area contributed by atoms with E-state index in [1.807, 2.05) is 0 Å². The van der Waals surface area contributed by atoms with Crippen LogP contribution in [0.2, 0.25) is 0 Å². The molecule has 16 heavy (non-hydrogen) atoms. The summed E-state index contributed by atoms with van der Waals surface area (Å²) in [6, 6.07) is 0.474. The molecule has 0 radical (unpaired) electrons. The molecule has 0 amide bonds. The standard InChI is InChI=1S/C13H22N2S/c1-10-9-16-13(15-10)12(14-2)8-11-6-4-3-5-7-11/h9,11-12,14H,3-8H2,1-2H3. The molecule has 0 saturated heterocycles. The zero-order valence-electron chi connectivity index (χ0n) is 10.3. The van der Waals surface area contributed by atoms with Gasteiger partial charge in [-0.25, -0.2) is 4.98 Å². The maximum absolute atomic E-state index is 4.60. The van der Waals surface area contributed by atoms with Crippen molar-refractivity contribution in [2.45, 2.75) is 51.5 Å². The highest BCUT2D eigenvalue weighted by atomic mass is 32.1. The van der Waals surface area contributed by atoms with E-state index in [2.05, 4.69) is 29.7 Å². The molecular formula is C13H22N2S. The van der Waals surface area contributed by atoms with Crippen LogP contribution >= 0.6 is 11.3 Å². The Balaban J connectivity index is 1.94. The fourth-order valence-corrected chi connectivity index (χ4v) is 3.55. The van der Waals surface area contributed by atoms with Gasteiger partial charge in [0.2, 0.25) is 0 Å². The number of hydrogen-bond acceptors (Lipinski definition) is 3. The summed E-state index contributed by atoms with van der Waals surface area (Å²) in [4.78, 5) is 4.60. The number of nitrogens with one attached hydrogen (secondary N) is 1. The van der Waals surface area contributed by atoms with Gasteiger partial charge in [0.25, 0.3) is 0 Å². The van der Waals surface area contributed by atoms with E-state index in [1.54, 1.807) is 11.3 Å². The first-order chi connectivity index (χ1) is 7.79. The van der Waals surface area contributed by atoms with E-state index in [0.717, 1.165) is 11.6 Å². The van der Waals surface area contributed by atoms with E-state index in [1.165, 1.54) is 43.5 Å². The number of thiazole rings is 1. The Morgan fingerprint density at radius 1 is 1.44 bits per heavy atom. The lowest BCUT2D eigenvalue weighted by Gasteiger charge is -2.25. The van der Waals surface area contributed by atoms with Gasteiger partial charge in [-0.15, -0.1) is 11.3 Å². The van der Waals surface area contributed by atoms with Crippen LogP contribution in [0, 0.1) is 12.8 Å². The van der Waals surface area contributed by atoms with Crippen LogP contribution in [0.4, 0.5) is 0 Å². The highest BCUT2D eigenvalue weighted by molar-refractivity contribution is 7.09. The Hall–Kier alpha value is -0.410. The molecule has 3 heteroatoms. The van der Waals surface area contributed by atoms with Crippen molar-refractivity contribution in [2.75, 3.05) is 7.05 Å². The molecular weight excluding hydrogens is 216 g/mol. The van der Waals surface area contributed by atoms with Crippen LogP contribution in [0.15, 0.2) is 5.38 Å². The molecule has 0 spiro atoms. The van der Waals surface area contributed by atoms with Gasteiger partial charge in [-0.1, -0.05) is 32.1 Å². The largest absolute Gasteiger partial charge is 0.311 e. The first-order valence-corrected chi connectivity index (χ1v) is 7.27. The molecule has 2 nitrogen and oxygen atoms in total. The van der Waals surface area contributed by atoms with Crippen molar-refractivity contribution in [3.05, 3.63) is 16.1 Å². The van der Waals surface area contributed by atoms with E-state index in [-0.39, 0.29) is 0 Å². The van der Waals surface area contributed by atoms with Gasteiger partial charge in [-0.3, -0.25) is 0 Å². The molecule has 1 N–H and O–H groups in total. The Kier molecular flexibility index (Phi) is 4.36. The summed E-state index contributed by atoms with van der Waals surface area (Å²) in [5.74, 6) is 0.912. The second-order valence-corrected chi connectivity index (χ2v) is 5.80. The summed E-state index contributed by atoms with van der Waals surface area (Å²) in [7, 11) is 2.06. The molecule has 1 heterocycles. The molecule has 1 aromatic rings. The highest BCUT2D eigenvalue weighted by Gasteiger charge is 2.20. The smallest absolute Gasteiger partial charge is 0.110 e. The van der Waals surface area contributed by atoms with Gasteiger partial charge < -0.3 is 5.32 Å². The van der Waals surface area contributed by atoms with Gasteiger partial charge in [0, 0.05) is 11.1 Å². The molecule has 90 valence electrons. The van der Waals surface area contributed by atoms with Crippen LogP contribution in [0.3, 0.4) is 0 Å². The van der Waals surface area contributed by atoms with Crippen molar-refractivity contribution in [1.29, 1.82) is 0 Å². The molecule has 1 fully saturated rings. The maximum Gasteiger partial charge on any atom is 0.110 e. The lowest BCUT2D eigenvalue weighted by Crippen LogP contribution is -2.21. The van der Waals surface area contributed by atoms with Crippen molar-refractivity contribution in [1.82, 2.24) is 10.3 Å². The third kappa shape index (κ3) is 3.05. The van der Waals surface area contributed by atoms with Crippen LogP contribution in [-0.4, -0.2) is 12.0 Å². The van der Waals surface area contributed by atoms with Gasteiger partial charge in [-0.05, 0) is 26.3 Å². The molecule has 1 unspecified atom stereocenters. The van der Waals surface area contributed by atoms with Crippen LogP contribution in [0.25, 0.3) is 0 Å². The Labute approximate surface area is 102 Å². The van der Waals surface area contributed by atoms with Crippen molar-refractivity contribution < 1.29 is 0 Å². The SMILES string of the molecule is CNC(CC1CCCCC1)c1nc(C)cs1. The predicted molar refractivity (Wildman–Crippen MR) is 69.8 cm³/mol. The van der Waals surface area contributed by atoms with Gasteiger partial charge >= 0.3 is 0 Å². The summed E-state index contributed by atoms with van der Waals surface area (Å²) in [5.41, 5.74) is 1.16. The average molecular weight is 238 g/mol. The molecule has 0 aliphatic heterocycles. The molecule has 1 saturated carbocycles. The number of nitrogens with zero attached hydrogens (tertiary/aromatic N) is 1. The van der Waals surface area contributed by atoms with E-state index < -0.39 is 0 Å². The van der Waals surface area contributed by atoms with Gasteiger partial charge in [0.05, 0.1) is 6.04 Å². The van der Waals surface area contributed by atoms with Crippen molar-refractivity contribution in [3.63, 3.8) is 0 Å². The third-order valence-corrected chi connectivity index (χ3v) is 4.65. The minimum Gasteiger partial charge on any atom is -0.311 e. The topological polar surface area (TPSA) is 24.9 Å². The van der Waals surface area contributed by atoms with E-state index in [9.17, 15) is 0 Å². The quantitative estimate of drug-likeness (QED) is 0.865. The summed E-state index contributed by atoms with van der Waals surface area (Å²) < 4.78 is 0. The van der Waals surface area contributed by atoms with E-state index in [0.29, 0.717) is 6.04 Å². The molecule has 2 rings (SSSR count). The lowest BCUT2D eigenvalue weighted by molar-refractivity contribution is 0.305. The number of hydrogen-bond donors (Lipinski definition) is 1. The number of aromatic nitrogens is 1. The maximum atomic E-state index is 4.60. The summed E-state index contributed by atoms with van der Waals surface area (Å²) in [5, 5.41) is 6.85. The lowest BCUT2D eigenvalue weighted by atomic mass is 9.85. The van der Waals surface area contributed by atoms with Crippen LogP contribution in [0.5, 0.6) is 0 Å². The van der Waals surface area contributed by atoms with Crippen molar-refractivity contribution in [2.24, 2.45) is 5.92 Å². The Morgan fingerprint density at radius 3 is 2.75 bits per heavy atom. The van der Waals surface area contributed by atoms with Crippen LogP contribution < -0.4 is 5.32 Å². The predicted octanol–water partition coefficient (Wildman–Crippen LogP) is 3.68. The number of rotatable bonds is 4. The highest BCUT2D eigenvalue weighted by Crippen LogP contribution is 2.32. The normalized spacial score (nSPS) is 19.9. The first kappa shape index (κ1) is 12.1. The zero-order valence-corrected chi connectivity index (χ0v) is 11.1. The Morgan fingerprint density at radius 2 is 2.19 bits per heavy atom. The minimum atomic E-state index is 0.474. The van der Waals surface area contributed by atoms with Gasteiger partial charge in [0.1, 0.15) is 5.01 Å². The second kappa shape index (κ2) is 5.78. The number of aryl methyl sites for hydroxylation is 1. The molecule has 1 atom stereocenters. The summed E-state index contributed by atoms with van der Waals surface area (Å²) in [6.45, 7) is 2.08. The molecule has 0 bridgehead atoms. The van der Waals surface area contributed by atoms with Crippen molar-refractivity contribution in [3.8, 4) is 0 Å². The fourth-order valence-electron chi connectivity index (χ4n) is 2.63. The van der Waals surface area contributed by atoms with E-state index in [4.69, 9.17) is 0 Å². The van der Waals surface area contributed by atoms with Crippen LogP contribution in [0.1, 0.15) is 55.3 Å². The fraction of sp³-hybridized carbons (Fsp3) is 0.769. The molecule has 0 aromatic carbocycles. The zero-order chi connectivity index (χ0) is 11.4. The van der Waals surface area contributed by atoms with Gasteiger partial charge in [0.15, 0.2) is 0 Å². The Bertz CT molecular complexity index is 315. The van der Waals surface area contributed by atoms with E-state index >= 15 is 0 Å². The van der Waals surface area contributed by atoms with Crippen LogP contribution in [-0.2, 0) is 0 Å².